The number of hydrogen-bond donors (Lipinski definition) is 2. The van der Waals surface area contributed by atoms with Gasteiger partial charge in [-0.05, 0) is 18.5 Å². The molecule has 1 saturated heterocycles. The number of carbonyl (C=O) groups is 2. The standard InChI is InChI=1S/C12H12F2N2O3/c13-8-3-9(14)10(2-7(8)12(18)19)16-5-6(4-15)1-11(16)17/h2-3,6H,1,4-5,15H2,(H,18,19). The molecule has 0 radical (unpaired) electrons. The average molecular weight is 270 g/mol. The first kappa shape index (κ1) is 13.4. The lowest BCUT2D eigenvalue weighted by Gasteiger charge is -2.18. The highest BCUT2D eigenvalue weighted by molar-refractivity contribution is 5.97. The summed E-state index contributed by atoms with van der Waals surface area (Å²) in [5, 5.41) is 8.80. The van der Waals surface area contributed by atoms with Gasteiger partial charge < -0.3 is 15.7 Å². The van der Waals surface area contributed by atoms with Crippen molar-refractivity contribution in [3.63, 3.8) is 0 Å². The van der Waals surface area contributed by atoms with Crippen LogP contribution in [0.2, 0.25) is 0 Å². The van der Waals surface area contributed by atoms with Crippen molar-refractivity contribution >= 4 is 17.6 Å². The highest BCUT2D eigenvalue weighted by Gasteiger charge is 2.32. The number of hydrogen-bond acceptors (Lipinski definition) is 3. The van der Waals surface area contributed by atoms with Crippen LogP contribution in [-0.2, 0) is 4.79 Å². The van der Waals surface area contributed by atoms with Gasteiger partial charge in [-0.15, -0.1) is 0 Å². The van der Waals surface area contributed by atoms with Crippen LogP contribution in [0.4, 0.5) is 14.5 Å². The predicted octanol–water partition coefficient (Wildman–Crippen LogP) is 0.975. The van der Waals surface area contributed by atoms with Crippen LogP contribution in [0.25, 0.3) is 0 Å². The summed E-state index contributed by atoms with van der Waals surface area (Å²) in [5.41, 5.74) is 4.56. The third-order valence-corrected chi connectivity index (χ3v) is 3.10. The van der Waals surface area contributed by atoms with Gasteiger partial charge in [0.25, 0.3) is 0 Å². The van der Waals surface area contributed by atoms with Gasteiger partial charge in [-0.25, -0.2) is 13.6 Å². The summed E-state index contributed by atoms with van der Waals surface area (Å²) in [6.45, 7) is 0.480. The van der Waals surface area contributed by atoms with Crippen molar-refractivity contribution in [3.8, 4) is 0 Å². The van der Waals surface area contributed by atoms with Crippen LogP contribution in [0.1, 0.15) is 16.8 Å². The number of aromatic carboxylic acids is 1. The minimum atomic E-state index is -1.51. The van der Waals surface area contributed by atoms with Gasteiger partial charge in [-0.2, -0.15) is 0 Å². The fourth-order valence-electron chi connectivity index (χ4n) is 2.08. The van der Waals surface area contributed by atoms with Gasteiger partial charge in [0, 0.05) is 19.0 Å². The molecular formula is C12H12F2N2O3. The molecule has 0 aliphatic carbocycles. The summed E-state index contributed by atoms with van der Waals surface area (Å²) >= 11 is 0. The van der Waals surface area contributed by atoms with E-state index in [4.69, 9.17) is 10.8 Å². The summed E-state index contributed by atoms with van der Waals surface area (Å²) in [7, 11) is 0. The third-order valence-electron chi connectivity index (χ3n) is 3.10. The van der Waals surface area contributed by atoms with Gasteiger partial charge in [-0.1, -0.05) is 0 Å². The summed E-state index contributed by atoms with van der Waals surface area (Å²) in [4.78, 5) is 23.7. The van der Waals surface area contributed by atoms with Crippen molar-refractivity contribution in [1.29, 1.82) is 0 Å². The van der Waals surface area contributed by atoms with E-state index in [0.29, 0.717) is 6.07 Å². The topological polar surface area (TPSA) is 83.6 Å². The molecule has 1 aromatic rings. The van der Waals surface area contributed by atoms with Gasteiger partial charge in [0.15, 0.2) is 0 Å². The highest BCUT2D eigenvalue weighted by atomic mass is 19.1. The van der Waals surface area contributed by atoms with Crippen molar-refractivity contribution < 1.29 is 23.5 Å². The molecule has 0 aromatic heterocycles. The molecule has 0 bridgehead atoms. The average Bonchev–Trinajstić information content (AvgIpc) is 2.70. The number of carboxylic acids is 1. The largest absolute Gasteiger partial charge is 0.478 e. The smallest absolute Gasteiger partial charge is 0.338 e. The van der Waals surface area contributed by atoms with E-state index in [2.05, 4.69) is 0 Å². The molecule has 102 valence electrons. The lowest BCUT2D eigenvalue weighted by molar-refractivity contribution is -0.117. The first-order chi connectivity index (χ1) is 8.93. The maximum absolute atomic E-state index is 13.7. The van der Waals surface area contributed by atoms with Crippen molar-refractivity contribution in [2.24, 2.45) is 11.7 Å². The Kier molecular flexibility index (Phi) is 3.48. The Hall–Kier alpha value is -2.02. The fourth-order valence-corrected chi connectivity index (χ4v) is 2.08. The molecule has 1 heterocycles. The van der Waals surface area contributed by atoms with Gasteiger partial charge in [0.2, 0.25) is 5.91 Å². The van der Waals surface area contributed by atoms with Gasteiger partial charge >= 0.3 is 5.97 Å². The number of carbonyl (C=O) groups excluding carboxylic acids is 1. The van der Waals surface area contributed by atoms with Crippen LogP contribution in [-0.4, -0.2) is 30.1 Å². The molecule has 1 unspecified atom stereocenters. The Morgan fingerprint density at radius 1 is 1.42 bits per heavy atom. The first-order valence-corrected chi connectivity index (χ1v) is 5.66. The summed E-state index contributed by atoms with van der Waals surface area (Å²) in [5.74, 6) is -4.10. The van der Waals surface area contributed by atoms with Crippen molar-refractivity contribution in [2.45, 2.75) is 6.42 Å². The Morgan fingerprint density at radius 3 is 2.63 bits per heavy atom. The quantitative estimate of drug-likeness (QED) is 0.857. The van der Waals surface area contributed by atoms with Crippen LogP contribution < -0.4 is 10.6 Å². The molecule has 1 aromatic carbocycles. The monoisotopic (exact) mass is 270 g/mol. The molecule has 1 aliphatic rings. The second-order valence-electron chi connectivity index (χ2n) is 4.40. The second kappa shape index (κ2) is 4.93. The van der Waals surface area contributed by atoms with E-state index >= 15 is 0 Å². The fraction of sp³-hybridized carbons (Fsp3) is 0.333. The number of halogens is 2. The molecule has 7 heteroatoms. The Morgan fingerprint density at radius 2 is 2.11 bits per heavy atom. The summed E-state index contributed by atoms with van der Waals surface area (Å²) in [6, 6.07) is 1.31. The Bertz CT molecular complexity index is 548. The van der Waals surface area contributed by atoms with E-state index in [9.17, 15) is 18.4 Å². The third kappa shape index (κ3) is 2.41. The number of anilines is 1. The normalized spacial score (nSPS) is 19.0. The molecular weight excluding hydrogens is 258 g/mol. The zero-order chi connectivity index (χ0) is 14.2. The number of nitrogens with zero attached hydrogens (tertiary/aromatic N) is 1. The predicted molar refractivity (Wildman–Crippen MR) is 62.8 cm³/mol. The summed E-state index contributed by atoms with van der Waals surface area (Å²) in [6.07, 6.45) is 0.176. The Labute approximate surface area is 107 Å². The molecule has 5 nitrogen and oxygen atoms in total. The SMILES string of the molecule is NCC1CC(=O)N(c2cc(C(=O)O)c(F)cc2F)C1. The van der Waals surface area contributed by atoms with Gasteiger partial charge in [0.1, 0.15) is 11.6 Å². The number of carboxylic acid groups (broad SMARTS) is 1. The molecule has 0 spiro atoms. The molecule has 1 aliphatic heterocycles. The number of amides is 1. The molecule has 0 saturated carbocycles. The minimum Gasteiger partial charge on any atom is -0.478 e. The van der Waals surface area contributed by atoms with E-state index in [0.717, 1.165) is 11.0 Å². The van der Waals surface area contributed by atoms with E-state index in [1.165, 1.54) is 0 Å². The van der Waals surface area contributed by atoms with E-state index in [1.807, 2.05) is 0 Å². The maximum atomic E-state index is 13.7. The lowest BCUT2D eigenvalue weighted by Crippen LogP contribution is -2.27. The van der Waals surface area contributed by atoms with Gasteiger partial charge in [-0.3, -0.25) is 4.79 Å². The molecule has 1 fully saturated rings. The maximum Gasteiger partial charge on any atom is 0.338 e. The minimum absolute atomic E-state index is 0.106. The zero-order valence-corrected chi connectivity index (χ0v) is 9.90. The van der Waals surface area contributed by atoms with Gasteiger partial charge in [0.05, 0.1) is 11.3 Å². The van der Waals surface area contributed by atoms with Crippen LogP contribution >= 0.6 is 0 Å². The van der Waals surface area contributed by atoms with Crippen molar-refractivity contribution in [1.82, 2.24) is 0 Å². The molecule has 3 N–H and O–H groups in total. The van der Waals surface area contributed by atoms with Crippen LogP contribution in [0, 0.1) is 17.6 Å². The first-order valence-electron chi connectivity index (χ1n) is 5.66. The second-order valence-corrected chi connectivity index (χ2v) is 4.40. The highest BCUT2D eigenvalue weighted by Crippen LogP contribution is 2.29. The molecule has 1 atom stereocenters. The molecule has 1 amide bonds. The lowest BCUT2D eigenvalue weighted by atomic mass is 10.1. The number of nitrogens with two attached hydrogens (primary N) is 1. The zero-order valence-electron chi connectivity index (χ0n) is 9.90. The van der Waals surface area contributed by atoms with Crippen LogP contribution in [0.15, 0.2) is 12.1 Å². The van der Waals surface area contributed by atoms with Crippen molar-refractivity contribution in [3.05, 3.63) is 29.3 Å². The van der Waals surface area contributed by atoms with Crippen LogP contribution in [0.3, 0.4) is 0 Å². The molecule has 19 heavy (non-hydrogen) atoms. The van der Waals surface area contributed by atoms with E-state index < -0.39 is 23.2 Å². The summed E-state index contributed by atoms with van der Waals surface area (Å²) < 4.78 is 27.0. The Balaban J connectivity index is 2.42. The molecule has 2 rings (SSSR count). The van der Waals surface area contributed by atoms with E-state index in [-0.39, 0.29) is 37.0 Å². The van der Waals surface area contributed by atoms with E-state index in [1.54, 1.807) is 0 Å². The number of rotatable bonds is 3. The number of benzene rings is 1. The van der Waals surface area contributed by atoms with Crippen molar-refractivity contribution in [2.75, 3.05) is 18.0 Å². The van der Waals surface area contributed by atoms with Crippen LogP contribution in [0.5, 0.6) is 0 Å².